The Bertz CT molecular complexity index is 877. The van der Waals surface area contributed by atoms with Crippen molar-refractivity contribution in [1.82, 2.24) is 10.2 Å². The molecule has 1 unspecified atom stereocenters. The van der Waals surface area contributed by atoms with Crippen molar-refractivity contribution in [3.8, 4) is 0 Å². The van der Waals surface area contributed by atoms with Gasteiger partial charge in [0, 0.05) is 31.7 Å². The number of rotatable bonds is 5. The number of guanidine groups is 1. The molecule has 0 spiro atoms. The molecule has 2 N–H and O–H groups in total. The van der Waals surface area contributed by atoms with Gasteiger partial charge in [-0.3, -0.25) is 9.79 Å². The average Bonchev–Trinajstić information content (AvgIpc) is 2.76. The van der Waals surface area contributed by atoms with Crippen LogP contribution in [0.4, 0.5) is 5.69 Å². The van der Waals surface area contributed by atoms with Crippen LogP contribution >= 0.6 is 0 Å². The molecule has 1 aliphatic heterocycles. The smallest absolute Gasteiger partial charge is 0.226 e. The summed E-state index contributed by atoms with van der Waals surface area (Å²) in [6, 6.07) is 16.3. The van der Waals surface area contributed by atoms with Crippen LogP contribution < -0.4 is 10.6 Å². The number of hydrogen-bond donors (Lipinski definition) is 2. The minimum Gasteiger partial charge on any atom is -0.370 e. The van der Waals surface area contributed by atoms with E-state index in [1.807, 2.05) is 45.2 Å². The molecule has 2 aromatic rings. The second kappa shape index (κ2) is 10.3. The van der Waals surface area contributed by atoms with E-state index in [2.05, 4.69) is 51.7 Å². The summed E-state index contributed by atoms with van der Waals surface area (Å²) in [4.78, 5) is 18.5. The lowest BCUT2D eigenvalue weighted by Gasteiger charge is -2.35. The van der Waals surface area contributed by atoms with E-state index in [0.717, 1.165) is 30.3 Å². The van der Waals surface area contributed by atoms with Crippen LogP contribution in [0, 0.1) is 12.8 Å². The molecule has 0 aromatic heterocycles. The number of nitrogens with one attached hydrogen (secondary N) is 2. The van der Waals surface area contributed by atoms with Crippen LogP contribution in [-0.2, 0) is 16.1 Å². The molecule has 0 saturated carbocycles. The number of aryl methyl sites for hydroxylation is 1. The maximum Gasteiger partial charge on any atom is 0.226 e. The van der Waals surface area contributed by atoms with Gasteiger partial charge in [-0.15, -0.1) is 0 Å². The van der Waals surface area contributed by atoms with Crippen LogP contribution in [0.25, 0.3) is 0 Å². The lowest BCUT2D eigenvalue weighted by Crippen LogP contribution is -2.48. The summed E-state index contributed by atoms with van der Waals surface area (Å²) in [6.07, 6.45) is 0.0438. The van der Waals surface area contributed by atoms with Gasteiger partial charge in [-0.05, 0) is 35.7 Å². The van der Waals surface area contributed by atoms with E-state index in [-0.39, 0.29) is 17.9 Å². The van der Waals surface area contributed by atoms with Crippen LogP contribution in [0.3, 0.4) is 0 Å². The molecule has 6 heteroatoms. The maximum atomic E-state index is 11.8. The summed E-state index contributed by atoms with van der Waals surface area (Å²) in [5.74, 6) is 0.859. The highest BCUT2D eigenvalue weighted by atomic mass is 16.5. The first-order valence-electron chi connectivity index (χ1n) is 10.5. The molecule has 2 aromatic carbocycles. The zero-order chi connectivity index (χ0) is 21.5. The van der Waals surface area contributed by atoms with Crippen molar-refractivity contribution in [2.75, 3.05) is 32.1 Å². The van der Waals surface area contributed by atoms with Crippen molar-refractivity contribution in [2.24, 2.45) is 10.9 Å². The van der Waals surface area contributed by atoms with Gasteiger partial charge in [0.1, 0.15) is 6.10 Å². The number of ether oxygens (including phenoxy) is 1. The molecule has 1 aliphatic rings. The van der Waals surface area contributed by atoms with Crippen molar-refractivity contribution in [1.29, 1.82) is 0 Å². The van der Waals surface area contributed by atoms with Gasteiger partial charge >= 0.3 is 0 Å². The van der Waals surface area contributed by atoms with E-state index in [9.17, 15) is 4.79 Å². The Kier molecular flexibility index (Phi) is 7.46. The summed E-state index contributed by atoms with van der Waals surface area (Å²) in [6.45, 7) is 8.80. The molecule has 3 rings (SSSR count). The second-order valence-corrected chi connectivity index (χ2v) is 7.90. The molecule has 0 bridgehead atoms. The zero-order valence-corrected chi connectivity index (χ0v) is 18.3. The zero-order valence-electron chi connectivity index (χ0n) is 18.3. The highest BCUT2D eigenvalue weighted by Gasteiger charge is 2.25. The third-order valence-corrected chi connectivity index (χ3v) is 5.31. The van der Waals surface area contributed by atoms with Crippen LogP contribution in [-0.4, -0.2) is 43.5 Å². The van der Waals surface area contributed by atoms with E-state index in [0.29, 0.717) is 13.2 Å². The van der Waals surface area contributed by atoms with E-state index in [1.54, 1.807) is 0 Å². The normalized spacial score (nSPS) is 17.2. The Balaban J connectivity index is 1.58. The van der Waals surface area contributed by atoms with E-state index >= 15 is 0 Å². The quantitative estimate of drug-likeness (QED) is 0.584. The fraction of sp³-hybridized carbons (Fsp3) is 0.417. The number of amides is 1. The summed E-state index contributed by atoms with van der Waals surface area (Å²) in [7, 11) is 1.81. The van der Waals surface area contributed by atoms with Crippen molar-refractivity contribution in [3.05, 3.63) is 65.2 Å². The SMILES string of the molecule is CN=C(NCc1ccc(NC(=O)C(C)C)cc1)N1CCOC(c2ccccc2C)C1. The monoisotopic (exact) mass is 408 g/mol. The molecule has 0 radical (unpaired) electrons. The molecule has 30 heavy (non-hydrogen) atoms. The molecule has 0 aliphatic carbocycles. The Morgan fingerprint density at radius 2 is 1.93 bits per heavy atom. The summed E-state index contributed by atoms with van der Waals surface area (Å²) in [5.41, 5.74) is 4.42. The van der Waals surface area contributed by atoms with E-state index in [4.69, 9.17) is 4.74 Å². The molecule has 1 saturated heterocycles. The summed E-state index contributed by atoms with van der Waals surface area (Å²) in [5, 5.41) is 6.37. The highest BCUT2D eigenvalue weighted by molar-refractivity contribution is 5.92. The van der Waals surface area contributed by atoms with Crippen LogP contribution in [0.2, 0.25) is 0 Å². The van der Waals surface area contributed by atoms with Crippen LogP contribution in [0.15, 0.2) is 53.5 Å². The maximum absolute atomic E-state index is 11.8. The molecule has 160 valence electrons. The number of aliphatic imine (C=N–C) groups is 1. The third-order valence-electron chi connectivity index (χ3n) is 5.31. The van der Waals surface area contributed by atoms with Gasteiger partial charge in [0.25, 0.3) is 0 Å². The predicted octanol–water partition coefficient (Wildman–Crippen LogP) is 3.74. The van der Waals surface area contributed by atoms with Crippen molar-refractivity contribution < 1.29 is 9.53 Å². The molecule has 1 fully saturated rings. The van der Waals surface area contributed by atoms with Crippen molar-refractivity contribution in [2.45, 2.75) is 33.4 Å². The number of hydrogen-bond acceptors (Lipinski definition) is 3. The fourth-order valence-corrected chi connectivity index (χ4v) is 3.48. The Morgan fingerprint density at radius 1 is 1.20 bits per heavy atom. The Hall–Kier alpha value is -2.86. The fourth-order valence-electron chi connectivity index (χ4n) is 3.48. The number of anilines is 1. The standard InChI is InChI=1S/C24H32N4O2/c1-17(2)23(29)27-20-11-9-19(10-12-20)15-26-24(25-4)28-13-14-30-22(16-28)21-8-6-5-7-18(21)3/h5-12,17,22H,13-16H2,1-4H3,(H,25,26)(H,27,29). The minimum atomic E-state index is -0.0355. The van der Waals surface area contributed by atoms with Crippen LogP contribution in [0.5, 0.6) is 0 Å². The molecule has 1 atom stereocenters. The molecular weight excluding hydrogens is 376 g/mol. The predicted molar refractivity (Wildman–Crippen MR) is 122 cm³/mol. The third kappa shape index (κ3) is 5.60. The lowest BCUT2D eigenvalue weighted by atomic mass is 10.0. The number of nitrogens with zero attached hydrogens (tertiary/aromatic N) is 2. The van der Waals surface area contributed by atoms with Gasteiger partial charge in [0.05, 0.1) is 13.2 Å². The lowest BCUT2D eigenvalue weighted by molar-refractivity contribution is -0.118. The first kappa shape index (κ1) is 21.8. The highest BCUT2D eigenvalue weighted by Crippen LogP contribution is 2.25. The van der Waals surface area contributed by atoms with Gasteiger partial charge in [-0.2, -0.15) is 0 Å². The number of carbonyl (C=O) groups excluding carboxylic acids is 1. The number of benzene rings is 2. The second-order valence-electron chi connectivity index (χ2n) is 7.90. The summed E-state index contributed by atoms with van der Waals surface area (Å²) < 4.78 is 6.04. The topological polar surface area (TPSA) is 66.0 Å². The Morgan fingerprint density at radius 3 is 2.60 bits per heavy atom. The van der Waals surface area contributed by atoms with E-state index in [1.165, 1.54) is 11.1 Å². The van der Waals surface area contributed by atoms with Gasteiger partial charge in [-0.25, -0.2) is 0 Å². The molecule has 6 nitrogen and oxygen atoms in total. The summed E-state index contributed by atoms with van der Waals surface area (Å²) >= 11 is 0. The molecular formula is C24H32N4O2. The van der Waals surface area contributed by atoms with Crippen LogP contribution in [0.1, 0.15) is 36.6 Å². The van der Waals surface area contributed by atoms with Gasteiger partial charge in [-0.1, -0.05) is 50.2 Å². The largest absolute Gasteiger partial charge is 0.370 e. The average molecular weight is 409 g/mol. The number of carbonyl (C=O) groups is 1. The molecule has 1 heterocycles. The van der Waals surface area contributed by atoms with Gasteiger partial charge in [0.2, 0.25) is 5.91 Å². The van der Waals surface area contributed by atoms with Crippen molar-refractivity contribution >= 4 is 17.6 Å². The Labute approximate surface area is 179 Å². The van der Waals surface area contributed by atoms with Crippen molar-refractivity contribution in [3.63, 3.8) is 0 Å². The first-order chi connectivity index (χ1) is 14.5. The molecule has 1 amide bonds. The number of morpholine rings is 1. The first-order valence-corrected chi connectivity index (χ1v) is 10.5. The van der Waals surface area contributed by atoms with Gasteiger partial charge < -0.3 is 20.3 Å². The minimum absolute atomic E-state index is 0.0248. The van der Waals surface area contributed by atoms with Gasteiger partial charge in [0.15, 0.2) is 5.96 Å². The van der Waals surface area contributed by atoms with E-state index < -0.39 is 0 Å².